The zero-order valence-electron chi connectivity index (χ0n) is 16.1. The zero-order chi connectivity index (χ0) is 21.0. The van der Waals surface area contributed by atoms with E-state index in [2.05, 4.69) is 15.5 Å². The highest BCUT2D eigenvalue weighted by atomic mass is 32.2. The van der Waals surface area contributed by atoms with Gasteiger partial charge in [0.15, 0.2) is 0 Å². The van der Waals surface area contributed by atoms with E-state index in [1.807, 2.05) is 19.1 Å². The molecule has 29 heavy (non-hydrogen) atoms. The maximum atomic E-state index is 12.4. The van der Waals surface area contributed by atoms with Crippen molar-refractivity contribution in [2.45, 2.75) is 16.7 Å². The average molecular weight is 433 g/mol. The van der Waals surface area contributed by atoms with Crippen LogP contribution in [0.2, 0.25) is 0 Å². The highest BCUT2D eigenvalue weighted by Crippen LogP contribution is 2.23. The van der Waals surface area contributed by atoms with Crippen LogP contribution in [0.5, 0.6) is 0 Å². The number of benzene rings is 2. The van der Waals surface area contributed by atoms with Gasteiger partial charge in [0.05, 0.1) is 4.90 Å². The zero-order valence-corrected chi connectivity index (χ0v) is 17.8. The number of rotatable bonds is 7. The average Bonchev–Trinajstić information content (AvgIpc) is 3.17. The first-order valence-electron chi connectivity index (χ1n) is 8.72. The van der Waals surface area contributed by atoms with Crippen LogP contribution in [-0.4, -0.2) is 48.7 Å². The van der Waals surface area contributed by atoms with Crippen molar-refractivity contribution in [3.8, 4) is 11.5 Å². The van der Waals surface area contributed by atoms with Crippen LogP contribution in [0.15, 0.2) is 62.7 Å². The van der Waals surface area contributed by atoms with Crippen LogP contribution < -0.4 is 5.32 Å². The van der Waals surface area contributed by atoms with Crippen molar-refractivity contribution >= 4 is 33.7 Å². The third kappa shape index (κ3) is 4.84. The fraction of sp³-hybridized carbons (Fsp3) is 0.211. The standard InChI is InChI=1S/C19H20N4O4S2/c1-4-28-15-7-5-6-14(12-15)17(24)20-19-22-21-18(27-19)13-8-10-16(11-9-13)29(25,26)23(2)3/h5-12H,4H2,1-3H3,(H,20,22,24). The molecule has 8 nitrogen and oxygen atoms in total. The lowest BCUT2D eigenvalue weighted by molar-refractivity contribution is 0.102. The van der Waals surface area contributed by atoms with E-state index in [1.165, 1.54) is 26.2 Å². The summed E-state index contributed by atoms with van der Waals surface area (Å²) in [7, 11) is -0.587. The number of sulfonamides is 1. The van der Waals surface area contributed by atoms with Crippen LogP contribution in [-0.2, 0) is 10.0 Å². The molecule has 0 fully saturated rings. The van der Waals surface area contributed by atoms with Gasteiger partial charge in [-0.15, -0.1) is 16.9 Å². The van der Waals surface area contributed by atoms with Crippen molar-refractivity contribution in [2.75, 3.05) is 25.2 Å². The quantitative estimate of drug-likeness (QED) is 0.571. The molecule has 0 aliphatic rings. The van der Waals surface area contributed by atoms with Crippen LogP contribution in [0, 0.1) is 0 Å². The molecule has 1 amide bonds. The second-order valence-corrected chi connectivity index (χ2v) is 9.63. The Kier molecular flexibility index (Phi) is 6.36. The van der Waals surface area contributed by atoms with Gasteiger partial charge in [0.25, 0.3) is 5.91 Å². The number of aromatic nitrogens is 2. The van der Waals surface area contributed by atoms with E-state index in [9.17, 15) is 13.2 Å². The number of anilines is 1. The van der Waals surface area contributed by atoms with Crippen LogP contribution in [0.4, 0.5) is 6.01 Å². The Labute approximate surface area is 173 Å². The predicted octanol–water partition coefficient (Wildman–Crippen LogP) is 3.35. The monoisotopic (exact) mass is 432 g/mol. The number of hydrogen-bond donors (Lipinski definition) is 1. The van der Waals surface area contributed by atoms with Crippen LogP contribution in [0.3, 0.4) is 0 Å². The van der Waals surface area contributed by atoms with Crippen molar-refractivity contribution in [1.82, 2.24) is 14.5 Å². The number of nitrogens with zero attached hydrogens (tertiary/aromatic N) is 3. The first kappa shape index (κ1) is 21.0. The van der Waals surface area contributed by atoms with E-state index in [1.54, 1.807) is 36.0 Å². The van der Waals surface area contributed by atoms with Gasteiger partial charge in [0.1, 0.15) is 0 Å². The highest BCUT2D eigenvalue weighted by molar-refractivity contribution is 7.99. The number of amides is 1. The van der Waals surface area contributed by atoms with Gasteiger partial charge >= 0.3 is 6.01 Å². The fourth-order valence-corrected chi connectivity index (χ4v) is 4.05. The molecule has 0 unspecified atom stereocenters. The van der Waals surface area contributed by atoms with E-state index in [-0.39, 0.29) is 22.7 Å². The minimum atomic E-state index is -3.52. The molecule has 152 valence electrons. The Morgan fingerprint density at radius 3 is 2.52 bits per heavy atom. The number of hydrogen-bond acceptors (Lipinski definition) is 7. The fourth-order valence-electron chi connectivity index (χ4n) is 2.43. The predicted molar refractivity (Wildman–Crippen MR) is 111 cm³/mol. The van der Waals surface area contributed by atoms with Crippen molar-refractivity contribution in [1.29, 1.82) is 0 Å². The summed E-state index contributed by atoms with van der Waals surface area (Å²) in [6.45, 7) is 2.04. The summed E-state index contributed by atoms with van der Waals surface area (Å²) in [6, 6.07) is 13.3. The molecule has 0 aliphatic carbocycles. The highest BCUT2D eigenvalue weighted by Gasteiger charge is 2.18. The Bertz CT molecular complexity index is 1110. The van der Waals surface area contributed by atoms with Crippen molar-refractivity contribution < 1.29 is 17.6 Å². The second-order valence-electron chi connectivity index (χ2n) is 6.14. The van der Waals surface area contributed by atoms with E-state index < -0.39 is 10.0 Å². The van der Waals surface area contributed by atoms with Gasteiger partial charge in [0, 0.05) is 30.1 Å². The van der Waals surface area contributed by atoms with Crippen LogP contribution >= 0.6 is 11.8 Å². The summed E-state index contributed by atoms with van der Waals surface area (Å²) in [5.41, 5.74) is 1.03. The molecule has 0 saturated heterocycles. The molecule has 10 heteroatoms. The number of carbonyl (C=O) groups is 1. The summed E-state index contributed by atoms with van der Waals surface area (Å²) in [6.07, 6.45) is 0. The SMILES string of the molecule is CCSc1cccc(C(=O)Nc2nnc(-c3ccc(S(=O)(=O)N(C)C)cc3)o2)c1. The smallest absolute Gasteiger partial charge is 0.322 e. The minimum Gasteiger partial charge on any atom is -0.403 e. The molecule has 0 bridgehead atoms. The van der Waals surface area contributed by atoms with E-state index in [0.717, 1.165) is 15.0 Å². The molecule has 0 saturated carbocycles. The first-order chi connectivity index (χ1) is 13.8. The Hall–Kier alpha value is -2.69. The third-order valence-electron chi connectivity index (χ3n) is 3.93. The lowest BCUT2D eigenvalue weighted by Crippen LogP contribution is -2.22. The molecule has 1 aromatic heterocycles. The van der Waals surface area contributed by atoms with Crippen LogP contribution in [0.25, 0.3) is 11.5 Å². The topological polar surface area (TPSA) is 105 Å². The second kappa shape index (κ2) is 8.76. The molecule has 2 aromatic carbocycles. The molecular formula is C19H20N4O4S2. The molecule has 1 heterocycles. The van der Waals surface area contributed by atoms with Crippen molar-refractivity contribution in [3.05, 3.63) is 54.1 Å². The van der Waals surface area contributed by atoms with Crippen molar-refractivity contribution in [2.24, 2.45) is 0 Å². The van der Waals surface area contributed by atoms with Gasteiger partial charge in [-0.05, 0) is 48.2 Å². The minimum absolute atomic E-state index is 0.0384. The molecule has 1 N–H and O–H groups in total. The van der Waals surface area contributed by atoms with E-state index in [4.69, 9.17) is 4.42 Å². The van der Waals surface area contributed by atoms with Crippen LogP contribution in [0.1, 0.15) is 17.3 Å². The van der Waals surface area contributed by atoms with Gasteiger partial charge in [-0.2, -0.15) is 0 Å². The maximum Gasteiger partial charge on any atom is 0.322 e. The Balaban J connectivity index is 1.74. The van der Waals surface area contributed by atoms with Gasteiger partial charge in [-0.1, -0.05) is 18.1 Å². The number of carbonyl (C=O) groups excluding carboxylic acids is 1. The molecule has 0 atom stereocenters. The maximum absolute atomic E-state index is 12.4. The molecule has 3 rings (SSSR count). The van der Waals surface area contributed by atoms with Gasteiger partial charge in [-0.3, -0.25) is 10.1 Å². The summed E-state index contributed by atoms with van der Waals surface area (Å²) in [5, 5.41) is 10.3. The lowest BCUT2D eigenvalue weighted by Gasteiger charge is -2.11. The summed E-state index contributed by atoms with van der Waals surface area (Å²) in [5.74, 6) is 0.725. The first-order valence-corrected chi connectivity index (χ1v) is 11.1. The summed E-state index contributed by atoms with van der Waals surface area (Å²) >= 11 is 1.64. The molecular weight excluding hydrogens is 412 g/mol. The molecule has 3 aromatic rings. The number of nitrogens with one attached hydrogen (secondary N) is 1. The summed E-state index contributed by atoms with van der Waals surface area (Å²) < 4.78 is 30.9. The largest absolute Gasteiger partial charge is 0.403 e. The molecule has 0 radical (unpaired) electrons. The molecule has 0 aliphatic heterocycles. The Morgan fingerprint density at radius 1 is 1.14 bits per heavy atom. The summed E-state index contributed by atoms with van der Waals surface area (Å²) in [4.78, 5) is 13.6. The van der Waals surface area contributed by atoms with Gasteiger partial charge in [-0.25, -0.2) is 12.7 Å². The third-order valence-corrected chi connectivity index (χ3v) is 6.64. The normalized spacial score (nSPS) is 11.6. The van der Waals surface area contributed by atoms with Crippen molar-refractivity contribution in [3.63, 3.8) is 0 Å². The van der Waals surface area contributed by atoms with Gasteiger partial charge < -0.3 is 4.42 Å². The lowest BCUT2D eigenvalue weighted by atomic mass is 10.2. The van der Waals surface area contributed by atoms with E-state index >= 15 is 0 Å². The van der Waals surface area contributed by atoms with Gasteiger partial charge in [0.2, 0.25) is 15.9 Å². The number of thioether (sulfide) groups is 1. The molecule has 0 spiro atoms. The van der Waals surface area contributed by atoms with E-state index in [0.29, 0.717) is 11.1 Å². The Morgan fingerprint density at radius 2 is 1.86 bits per heavy atom.